The number of hydrogen-bond acceptors (Lipinski definition) is 4. The molecule has 0 fully saturated rings. The average molecular weight is 184 g/mol. The second-order valence-electron chi connectivity index (χ2n) is 2.30. The molecule has 12 heavy (non-hydrogen) atoms. The van der Waals surface area contributed by atoms with Gasteiger partial charge >= 0.3 is 0 Å². The Labute approximate surface area is 71.3 Å². The first kappa shape index (κ1) is 7.30. The highest BCUT2D eigenvalue weighted by Gasteiger charge is 2.09. The molecule has 0 spiro atoms. The number of nitrogens with zero attached hydrogens (tertiary/aromatic N) is 1. The lowest BCUT2D eigenvalue weighted by molar-refractivity contribution is 0.481. The van der Waals surface area contributed by atoms with Crippen LogP contribution in [0.15, 0.2) is 12.1 Å². The lowest BCUT2D eigenvalue weighted by Crippen LogP contribution is -1.81. The van der Waals surface area contributed by atoms with Gasteiger partial charge in [-0.15, -0.1) is 0 Å². The number of nitrogens with two attached hydrogens (primary N) is 1. The topological polar surface area (TPSA) is 59.1 Å². The zero-order valence-electron chi connectivity index (χ0n) is 5.91. The summed E-state index contributed by atoms with van der Waals surface area (Å²) in [5.74, 6) is -0.448. The summed E-state index contributed by atoms with van der Waals surface area (Å²) in [5, 5.41) is 9.51. The first-order chi connectivity index (χ1) is 5.68. The Morgan fingerprint density at radius 1 is 1.50 bits per heavy atom. The van der Waals surface area contributed by atoms with E-state index in [-0.39, 0.29) is 16.4 Å². The largest absolute Gasteiger partial charge is 0.506 e. The SMILES string of the molecule is Nc1nc2c(F)ccc(O)c2s1. The zero-order chi connectivity index (χ0) is 8.72. The molecule has 0 aliphatic carbocycles. The van der Waals surface area contributed by atoms with Gasteiger partial charge < -0.3 is 10.8 Å². The number of phenolic OH excluding ortho intramolecular Hbond substituents is 1. The molecule has 0 unspecified atom stereocenters. The molecule has 0 aliphatic heterocycles. The molecule has 0 saturated heterocycles. The Morgan fingerprint density at radius 2 is 2.25 bits per heavy atom. The van der Waals surface area contributed by atoms with Crippen molar-refractivity contribution < 1.29 is 9.50 Å². The van der Waals surface area contributed by atoms with Gasteiger partial charge in [-0.2, -0.15) is 0 Å². The van der Waals surface area contributed by atoms with E-state index < -0.39 is 5.82 Å². The average Bonchev–Trinajstić information content (AvgIpc) is 2.41. The smallest absolute Gasteiger partial charge is 0.181 e. The standard InChI is InChI=1S/C7H5FN2OS/c8-3-1-2-4(11)6-5(3)10-7(9)12-6/h1-2,11H,(H2,9,10). The maximum atomic E-state index is 13.0. The minimum atomic E-state index is -0.462. The number of halogens is 1. The number of fused-ring (bicyclic) bond motifs is 1. The second kappa shape index (κ2) is 2.31. The summed E-state index contributed by atoms with van der Waals surface area (Å²) in [4.78, 5) is 3.73. The maximum Gasteiger partial charge on any atom is 0.181 e. The second-order valence-corrected chi connectivity index (χ2v) is 3.33. The van der Waals surface area contributed by atoms with E-state index in [0.717, 1.165) is 17.4 Å². The van der Waals surface area contributed by atoms with Crippen molar-refractivity contribution in [3.8, 4) is 5.75 Å². The Balaban J connectivity index is 2.93. The number of phenols is 1. The van der Waals surface area contributed by atoms with Crippen LogP contribution in [0, 0.1) is 5.82 Å². The van der Waals surface area contributed by atoms with Crippen LogP contribution in [0.5, 0.6) is 5.75 Å². The van der Waals surface area contributed by atoms with Gasteiger partial charge in [0, 0.05) is 0 Å². The number of aromatic hydroxyl groups is 1. The summed E-state index contributed by atoms with van der Waals surface area (Å²) >= 11 is 1.07. The molecule has 0 radical (unpaired) electrons. The summed E-state index contributed by atoms with van der Waals surface area (Å²) in [6.45, 7) is 0. The molecule has 62 valence electrons. The molecule has 0 atom stereocenters. The Hall–Kier alpha value is -1.36. The van der Waals surface area contributed by atoms with E-state index in [9.17, 15) is 9.50 Å². The Kier molecular flexibility index (Phi) is 1.41. The monoisotopic (exact) mass is 184 g/mol. The van der Waals surface area contributed by atoms with Crippen LogP contribution in [-0.4, -0.2) is 10.1 Å². The van der Waals surface area contributed by atoms with Crippen molar-refractivity contribution in [2.24, 2.45) is 0 Å². The van der Waals surface area contributed by atoms with E-state index in [1.807, 2.05) is 0 Å². The zero-order valence-corrected chi connectivity index (χ0v) is 6.73. The molecule has 1 aromatic heterocycles. The highest BCUT2D eigenvalue weighted by atomic mass is 32.1. The first-order valence-corrected chi connectivity index (χ1v) is 4.03. The molecule has 3 nitrogen and oxygen atoms in total. The minimum absolute atomic E-state index is 0.0144. The van der Waals surface area contributed by atoms with Crippen LogP contribution in [-0.2, 0) is 0 Å². The van der Waals surface area contributed by atoms with Crippen LogP contribution in [0.4, 0.5) is 9.52 Å². The quantitative estimate of drug-likeness (QED) is 0.655. The molecule has 2 rings (SSSR count). The van der Waals surface area contributed by atoms with Crippen molar-refractivity contribution in [1.82, 2.24) is 4.98 Å². The molecule has 0 aliphatic rings. The molecule has 1 aromatic carbocycles. The molecular weight excluding hydrogens is 179 g/mol. The van der Waals surface area contributed by atoms with Crippen LogP contribution in [0.25, 0.3) is 10.2 Å². The van der Waals surface area contributed by atoms with Crippen molar-refractivity contribution in [1.29, 1.82) is 0 Å². The minimum Gasteiger partial charge on any atom is -0.506 e. The summed E-state index contributed by atoms with van der Waals surface area (Å²) in [7, 11) is 0. The lowest BCUT2D eigenvalue weighted by Gasteiger charge is -1.92. The van der Waals surface area contributed by atoms with E-state index >= 15 is 0 Å². The number of hydrogen-bond donors (Lipinski definition) is 2. The van der Waals surface area contributed by atoms with Gasteiger partial charge in [0.25, 0.3) is 0 Å². The highest BCUT2D eigenvalue weighted by Crippen LogP contribution is 2.32. The van der Waals surface area contributed by atoms with Crippen molar-refractivity contribution in [3.05, 3.63) is 17.9 Å². The Morgan fingerprint density at radius 3 is 2.92 bits per heavy atom. The number of benzene rings is 1. The third-order valence-electron chi connectivity index (χ3n) is 1.49. The van der Waals surface area contributed by atoms with Crippen molar-refractivity contribution in [2.75, 3.05) is 5.73 Å². The third-order valence-corrected chi connectivity index (χ3v) is 2.40. The van der Waals surface area contributed by atoms with Gasteiger partial charge in [-0.1, -0.05) is 11.3 Å². The van der Waals surface area contributed by atoms with E-state index in [2.05, 4.69) is 4.98 Å². The van der Waals surface area contributed by atoms with E-state index in [0.29, 0.717) is 4.70 Å². The molecule has 5 heteroatoms. The molecule has 0 saturated carbocycles. The summed E-state index contributed by atoms with van der Waals surface area (Å²) in [5.41, 5.74) is 5.49. The summed E-state index contributed by atoms with van der Waals surface area (Å²) < 4.78 is 13.4. The van der Waals surface area contributed by atoms with Crippen LogP contribution in [0.2, 0.25) is 0 Å². The van der Waals surface area contributed by atoms with E-state index in [1.54, 1.807) is 0 Å². The number of aromatic nitrogens is 1. The van der Waals surface area contributed by atoms with Gasteiger partial charge in [0.1, 0.15) is 16.0 Å². The van der Waals surface area contributed by atoms with Crippen LogP contribution in [0.1, 0.15) is 0 Å². The molecule has 3 N–H and O–H groups in total. The highest BCUT2D eigenvalue weighted by molar-refractivity contribution is 7.22. The van der Waals surface area contributed by atoms with Gasteiger partial charge in [-0.05, 0) is 12.1 Å². The summed E-state index contributed by atoms with van der Waals surface area (Å²) in [6, 6.07) is 2.45. The van der Waals surface area contributed by atoms with Crippen molar-refractivity contribution >= 4 is 26.7 Å². The lowest BCUT2D eigenvalue weighted by atomic mass is 10.3. The fraction of sp³-hybridized carbons (Fsp3) is 0. The number of rotatable bonds is 0. The predicted octanol–water partition coefficient (Wildman–Crippen LogP) is 1.72. The first-order valence-electron chi connectivity index (χ1n) is 3.22. The van der Waals surface area contributed by atoms with Gasteiger partial charge in [0.15, 0.2) is 10.9 Å². The predicted molar refractivity (Wildman–Crippen MR) is 45.7 cm³/mol. The van der Waals surface area contributed by atoms with Gasteiger partial charge in [0.2, 0.25) is 0 Å². The fourth-order valence-corrected chi connectivity index (χ4v) is 1.74. The molecule has 0 amide bonds. The van der Waals surface area contributed by atoms with E-state index in [1.165, 1.54) is 6.07 Å². The maximum absolute atomic E-state index is 13.0. The molecular formula is C7H5FN2OS. The molecule has 0 bridgehead atoms. The third kappa shape index (κ3) is 0.902. The number of thiazole rings is 1. The van der Waals surface area contributed by atoms with Crippen LogP contribution in [0.3, 0.4) is 0 Å². The van der Waals surface area contributed by atoms with E-state index in [4.69, 9.17) is 5.73 Å². The molecule has 1 heterocycles. The Bertz CT molecular complexity index is 401. The fourth-order valence-electron chi connectivity index (χ4n) is 0.979. The van der Waals surface area contributed by atoms with Crippen molar-refractivity contribution in [2.45, 2.75) is 0 Å². The molecule has 2 aromatic rings. The van der Waals surface area contributed by atoms with Gasteiger partial charge in [-0.3, -0.25) is 0 Å². The summed E-state index contributed by atoms with van der Waals surface area (Å²) in [6.07, 6.45) is 0. The normalized spacial score (nSPS) is 10.8. The number of nitrogen functional groups attached to an aromatic ring is 1. The van der Waals surface area contributed by atoms with Crippen molar-refractivity contribution in [3.63, 3.8) is 0 Å². The van der Waals surface area contributed by atoms with Gasteiger partial charge in [-0.25, -0.2) is 9.37 Å². The van der Waals surface area contributed by atoms with Crippen LogP contribution < -0.4 is 5.73 Å². The van der Waals surface area contributed by atoms with Crippen LogP contribution >= 0.6 is 11.3 Å². The van der Waals surface area contributed by atoms with Gasteiger partial charge in [0.05, 0.1) is 0 Å². The number of anilines is 1.